The van der Waals surface area contributed by atoms with Gasteiger partial charge in [-0.15, -0.1) is 0 Å². The van der Waals surface area contributed by atoms with Crippen LogP contribution in [0.5, 0.6) is 0 Å². The minimum atomic E-state index is -0.634. The van der Waals surface area contributed by atoms with Crippen molar-refractivity contribution in [2.24, 2.45) is 0 Å². The molecule has 0 aliphatic carbocycles. The molecule has 102 valence electrons. The molecule has 1 heterocycles. The van der Waals surface area contributed by atoms with Gasteiger partial charge in [-0.25, -0.2) is 0 Å². The van der Waals surface area contributed by atoms with Gasteiger partial charge in [0, 0.05) is 53.5 Å². The predicted molar refractivity (Wildman–Crippen MR) is 75.9 cm³/mol. The predicted octanol–water partition coefficient (Wildman–Crippen LogP) is 1.61. The van der Waals surface area contributed by atoms with Crippen molar-refractivity contribution in [3.63, 3.8) is 0 Å². The van der Waals surface area contributed by atoms with Gasteiger partial charge < -0.3 is 5.32 Å². The molecule has 1 saturated heterocycles. The van der Waals surface area contributed by atoms with Gasteiger partial charge in [-0.2, -0.15) is 0 Å². The Morgan fingerprint density at radius 1 is 1.35 bits per heavy atom. The second kappa shape index (κ2) is 6.86. The maximum atomic E-state index is 11.5. The van der Waals surface area contributed by atoms with Crippen LogP contribution in [0.2, 0.25) is 0 Å². The fraction of sp³-hybridized carbons (Fsp3) is 1.00. The van der Waals surface area contributed by atoms with E-state index in [1.807, 2.05) is 6.92 Å². The standard InChI is InChI=1S/C13H28N2OS/c1-5-13(6-2)11-15(12(4)10-14-13)8-9-17(16)7-3/h12,14H,5-11H2,1-4H3. The monoisotopic (exact) mass is 260 g/mol. The highest BCUT2D eigenvalue weighted by Crippen LogP contribution is 2.22. The van der Waals surface area contributed by atoms with Crippen molar-refractivity contribution in [3.05, 3.63) is 0 Å². The number of hydrogen-bond acceptors (Lipinski definition) is 3. The van der Waals surface area contributed by atoms with E-state index in [2.05, 4.69) is 31.0 Å². The summed E-state index contributed by atoms with van der Waals surface area (Å²) in [4.78, 5) is 2.51. The minimum Gasteiger partial charge on any atom is -0.308 e. The summed E-state index contributed by atoms with van der Waals surface area (Å²) < 4.78 is 11.5. The highest BCUT2D eigenvalue weighted by molar-refractivity contribution is 7.84. The van der Waals surface area contributed by atoms with Crippen LogP contribution in [0, 0.1) is 0 Å². The summed E-state index contributed by atoms with van der Waals surface area (Å²) >= 11 is 0. The van der Waals surface area contributed by atoms with E-state index < -0.39 is 10.8 Å². The molecule has 1 fully saturated rings. The average molecular weight is 260 g/mol. The van der Waals surface area contributed by atoms with E-state index in [-0.39, 0.29) is 5.54 Å². The third-order valence-corrected chi connectivity index (χ3v) is 5.47. The lowest BCUT2D eigenvalue weighted by atomic mass is 9.89. The summed E-state index contributed by atoms with van der Waals surface area (Å²) in [5.41, 5.74) is 0.278. The molecule has 2 atom stereocenters. The molecular weight excluding hydrogens is 232 g/mol. The largest absolute Gasteiger partial charge is 0.308 e. The number of nitrogens with one attached hydrogen (secondary N) is 1. The van der Waals surface area contributed by atoms with Crippen molar-refractivity contribution in [2.45, 2.75) is 52.1 Å². The van der Waals surface area contributed by atoms with Crippen molar-refractivity contribution in [1.82, 2.24) is 10.2 Å². The first-order chi connectivity index (χ1) is 8.06. The van der Waals surface area contributed by atoms with Crippen LogP contribution in [0.25, 0.3) is 0 Å². The van der Waals surface area contributed by atoms with Crippen molar-refractivity contribution in [2.75, 3.05) is 31.1 Å². The van der Waals surface area contributed by atoms with Crippen molar-refractivity contribution in [1.29, 1.82) is 0 Å². The zero-order valence-corrected chi connectivity index (χ0v) is 12.6. The lowest BCUT2D eigenvalue weighted by Gasteiger charge is -2.46. The van der Waals surface area contributed by atoms with Gasteiger partial charge in [0.1, 0.15) is 0 Å². The quantitative estimate of drug-likeness (QED) is 0.787. The summed E-state index contributed by atoms with van der Waals surface area (Å²) in [7, 11) is -0.634. The molecule has 1 aliphatic heterocycles. The lowest BCUT2D eigenvalue weighted by molar-refractivity contribution is 0.0866. The Labute approximate surface area is 109 Å². The Bertz CT molecular complexity index is 254. The van der Waals surface area contributed by atoms with E-state index >= 15 is 0 Å². The minimum absolute atomic E-state index is 0.278. The van der Waals surface area contributed by atoms with Gasteiger partial charge in [0.05, 0.1) is 0 Å². The molecular formula is C13H28N2OS. The molecule has 0 amide bonds. The van der Waals surface area contributed by atoms with E-state index in [0.717, 1.165) is 31.1 Å². The lowest BCUT2D eigenvalue weighted by Crippen LogP contribution is -2.63. The Hall–Kier alpha value is 0.0700. The molecule has 1 aliphatic rings. The average Bonchev–Trinajstić information content (AvgIpc) is 2.38. The molecule has 17 heavy (non-hydrogen) atoms. The molecule has 3 nitrogen and oxygen atoms in total. The number of nitrogens with zero attached hydrogens (tertiary/aromatic N) is 1. The summed E-state index contributed by atoms with van der Waals surface area (Å²) in [6, 6.07) is 0.565. The number of rotatable bonds is 6. The molecule has 4 heteroatoms. The van der Waals surface area contributed by atoms with Crippen molar-refractivity contribution >= 4 is 10.8 Å². The van der Waals surface area contributed by atoms with Crippen LogP contribution in [-0.2, 0) is 10.8 Å². The topological polar surface area (TPSA) is 32.3 Å². The van der Waals surface area contributed by atoms with Gasteiger partial charge in [-0.3, -0.25) is 9.11 Å². The van der Waals surface area contributed by atoms with Crippen molar-refractivity contribution < 1.29 is 4.21 Å². The van der Waals surface area contributed by atoms with Crippen LogP contribution < -0.4 is 5.32 Å². The van der Waals surface area contributed by atoms with E-state index in [1.165, 1.54) is 12.8 Å². The van der Waals surface area contributed by atoms with Gasteiger partial charge in [-0.05, 0) is 19.8 Å². The molecule has 2 unspecified atom stereocenters. The summed E-state index contributed by atoms with van der Waals surface area (Å²) in [6.07, 6.45) is 2.34. The smallest absolute Gasteiger partial charge is 0.0362 e. The number of piperazine rings is 1. The van der Waals surface area contributed by atoms with Crippen LogP contribution in [0.4, 0.5) is 0 Å². The van der Waals surface area contributed by atoms with Gasteiger partial charge in [0.2, 0.25) is 0 Å². The van der Waals surface area contributed by atoms with Crippen LogP contribution in [0.3, 0.4) is 0 Å². The highest BCUT2D eigenvalue weighted by atomic mass is 32.2. The molecule has 1 N–H and O–H groups in total. The highest BCUT2D eigenvalue weighted by Gasteiger charge is 2.34. The van der Waals surface area contributed by atoms with Gasteiger partial charge in [-0.1, -0.05) is 20.8 Å². The summed E-state index contributed by atoms with van der Waals surface area (Å²) in [6.45, 7) is 11.9. The van der Waals surface area contributed by atoms with Crippen molar-refractivity contribution in [3.8, 4) is 0 Å². The maximum Gasteiger partial charge on any atom is 0.0362 e. The number of hydrogen-bond donors (Lipinski definition) is 1. The Morgan fingerprint density at radius 3 is 2.53 bits per heavy atom. The molecule has 0 bridgehead atoms. The summed E-state index contributed by atoms with van der Waals surface area (Å²) in [5, 5.41) is 3.70. The maximum absolute atomic E-state index is 11.5. The van der Waals surface area contributed by atoms with Crippen LogP contribution >= 0.6 is 0 Å². The molecule has 1 rings (SSSR count). The van der Waals surface area contributed by atoms with E-state index in [1.54, 1.807) is 0 Å². The second-order valence-corrected chi connectivity index (χ2v) is 6.99. The zero-order valence-electron chi connectivity index (χ0n) is 11.8. The Kier molecular flexibility index (Phi) is 6.10. The van der Waals surface area contributed by atoms with Gasteiger partial charge in [0.25, 0.3) is 0 Å². The normalized spacial score (nSPS) is 26.9. The van der Waals surface area contributed by atoms with E-state index in [0.29, 0.717) is 6.04 Å². The SMILES string of the molecule is CCS(=O)CCN1CC(CC)(CC)NCC1C. The fourth-order valence-corrected chi connectivity index (χ4v) is 3.21. The molecule has 0 saturated carbocycles. The third kappa shape index (κ3) is 4.04. The zero-order chi connectivity index (χ0) is 12.9. The van der Waals surface area contributed by atoms with Crippen LogP contribution in [-0.4, -0.2) is 51.8 Å². The first-order valence-corrected chi connectivity index (χ1v) is 8.39. The van der Waals surface area contributed by atoms with E-state index in [4.69, 9.17) is 0 Å². The first kappa shape index (κ1) is 15.1. The van der Waals surface area contributed by atoms with E-state index in [9.17, 15) is 4.21 Å². The fourth-order valence-electron chi connectivity index (χ4n) is 2.48. The third-order valence-electron chi connectivity index (χ3n) is 4.18. The molecule has 0 aromatic carbocycles. The molecule has 0 radical (unpaired) electrons. The second-order valence-electron chi connectivity index (χ2n) is 5.12. The summed E-state index contributed by atoms with van der Waals surface area (Å²) in [5.74, 6) is 1.61. The van der Waals surface area contributed by atoms with Crippen LogP contribution in [0.1, 0.15) is 40.5 Å². The Morgan fingerprint density at radius 2 is 2.00 bits per heavy atom. The van der Waals surface area contributed by atoms with Gasteiger partial charge >= 0.3 is 0 Å². The molecule has 0 spiro atoms. The molecule has 0 aromatic rings. The van der Waals surface area contributed by atoms with Crippen LogP contribution in [0.15, 0.2) is 0 Å². The Balaban J connectivity index is 2.54. The van der Waals surface area contributed by atoms with Gasteiger partial charge in [0.15, 0.2) is 0 Å². The first-order valence-electron chi connectivity index (χ1n) is 6.91. The molecule has 0 aromatic heterocycles.